The van der Waals surface area contributed by atoms with Crippen LogP contribution in [-0.2, 0) is 4.74 Å². The number of ether oxygens (including phenoxy) is 1. The van der Waals surface area contributed by atoms with E-state index in [0.717, 1.165) is 0 Å². The van der Waals surface area contributed by atoms with Crippen LogP contribution in [0, 0.1) is 11.5 Å². The Morgan fingerprint density at radius 2 is 2.25 bits per heavy atom. The average Bonchev–Trinajstić information content (AvgIpc) is 2.16. The van der Waals surface area contributed by atoms with Crippen LogP contribution in [0.15, 0.2) is 0 Å². The number of amides is 1. The molecule has 90 valence electrons. The predicted octanol–water partition coefficient (Wildman–Crippen LogP) is 1.64. The summed E-state index contributed by atoms with van der Waals surface area (Å²) in [4.78, 5) is 12.4. The van der Waals surface area contributed by atoms with E-state index >= 15 is 0 Å². The Hall–Kier alpha value is -0.993. The number of rotatable bonds is 1. The summed E-state index contributed by atoms with van der Waals surface area (Å²) in [5.74, 6) is 3.11. The standard InChI is InChI=1S/C11H19NO3Si/c1-16(2,3)8-4-5-10-9-15-7-6-12(10)11(13)14/h10H,5-7,9H2,1-3H3,(H,13,14)/t10-/m0/s1. The van der Waals surface area contributed by atoms with Crippen molar-refractivity contribution in [3.63, 3.8) is 0 Å². The summed E-state index contributed by atoms with van der Waals surface area (Å²) < 4.78 is 5.28. The summed E-state index contributed by atoms with van der Waals surface area (Å²) in [6.45, 7) is 7.93. The zero-order chi connectivity index (χ0) is 12.2. The number of carbonyl (C=O) groups is 1. The molecule has 1 N–H and O–H groups in total. The first-order valence-corrected chi connectivity index (χ1v) is 8.97. The molecule has 0 spiro atoms. The molecule has 0 aromatic heterocycles. The lowest BCUT2D eigenvalue weighted by atomic mass is 10.2. The van der Waals surface area contributed by atoms with E-state index in [1.807, 2.05) is 0 Å². The largest absolute Gasteiger partial charge is 0.465 e. The number of carboxylic acid groups (broad SMARTS) is 1. The fourth-order valence-corrected chi connectivity index (χ4v) is 2.14. The lowest BCUT2D eigenvalue weighted by Crippen LogP contribution is -2.47. The maximum Gasteiger partial charge on any atom is 0.407 e. The topological polar surface area (TPSA) is 49.8 Å². The van der Waals surface area contributed by atoms with E-state index in [4.69, 9.17) is 9.84 Å². The third-order valence-corrected chi connectivity index (χ3v) is 3.20. The Balaban J connectivity index is 2.56. The van der Waals surface area contributed by atoms with Gasteiger partial charge in [-0.1, -0.05) is 19.6 Å². The minimum atomic E-state index is -1.36. The monoisotopic (exact) mass is 241 g/mol. The van der Waals surface area contributed by atoms with E-state index in [9.17, 15) is 4.79 Å². The van der Waals surface area contributed by atoms with Crippen LogP contribution in [0.2, 0.25) is 19.6 Å². The van der Waals surface area contributed by atoms with E-state index < -0.39 is 14.2 Å². The quantitative estimate of drug-likeness (QED) is 0.561. The normalized spacial score (nSPS) is 21.2. The van der Waals surface area contributed by atoms with Gasteiger partial charge in [-0.25, -0.2) is 4.79 Å². The lowest BCUT2D eigenvalue weighted by Gasteiger charge is -2.32. The molecule has 5 heteroatoms. The zero-order valence-corrected chi connectivity index (χ0v) is 11.1. The molecule has 0 aromatic rings. The summed E-state index contributed by atoms with van der Waals surface area (Å²) in [6.07, 6.45) is -0.292. The van der Waals surface area contributed by atoms with Crippen LogP contribution in [-0.4, -0.2) is 50.0 Å². The van der Waals surface area contributed by atoms with Crippen molar-refractivity contribution in [1.82, 2.24) is 4.90 Å². The number of hydrogen-bond acceptors (Lipinski definition) is 2. The van der Waals surface area contributed by atoms with Gasteiger partial charge in [-0.2, -0.15) is 0 Å². The van der Waals surface area contributed by atoms with E-state index in [1.54, 1.807) is 0 Å². The molecule has 1 atom stereocenters. The van der Waals surface area contributed by atoms with Gasteiger partial charge in [0.2, 0.25) is 0 Å². The Morgan fingerprint density at radius 1 is 1.56 bits per heavy atom. The minimum absolute atomic E-state index is 0.102. The van der Waals surface area contributed by atoms with Crippen molar-refractivity contribution in [2.45, 2.75) is 32.1 Å². The van der Waals surface area contributed by atoms with E-state index in [1.165, 1.54) is 4.90 Å². The first kappa shape index (κ1) is 13.1. The van der Waals surface area contributed by atoms with Crippen LogP contribution in [0.3, 0.4) is 0 Å². The molecule has 0 aliphatic carbocycles. The second kappa shape index (κ2) is 5.37. The molecule has 0 bridgehead atoms. The van der Waals surface area contributed by atoms with Crippen molar-refractivity contribution in [2.24, 2.45) is 0 Å². The SMILES string of the molecule is C[Si](C)(C)C#CC[C@H]1COCCN1C(=O)O. The van der Waals surface area contributed by atoms with Crippen LogP contribution < -0.4 is 0 Å². The summed E-state index contributed by atoms with van der Waals surface area (Å²) in [6, 6.07) is -0.102. The van der Waals surface area contributed by atoms with Crippen LogP contribution in [0.4, 0.5) is 4.79 Å². The molecule has 0 unspecified atom stereocenters. The van der Waals surface area contributed by atoms with Crippen LogP contribution >= 0.6 is 0 Å². The molecule has 1 amide bonds. The molecule has 1 rings (SSSR count). The van der Waals surface area contributed by atoms with Crippen molar-refractivity contribution in [2.75, 3.05) is 19.8 Å². The summed E-state index contributed by atoms with van der Waals surface area (Å²) in [5, 5.41) is 9.00. The second-order valence-electron chi connectivity index (χ2n) is 4.96. The fraction of sp³-hybridized carbons (Fsp3) is 0.727. The highest BCUT2D eigenvalue weighted by Gasteiger charge is 2.26. The van der Waals surface area contributed by atoms with Gasteiger partial charge in [0.15, 0.2) is 0 Å². The molecule has 1 aliphatic rings. The second-order valence-corrected chi connectivity index (χ2v) is 9.71. The predicted molar refractivity (Wildman–Crippen MR) is 65.1 cm³/mol. The Labute approximate surface area is 97.6 Å². The van der Waals surface area contributed by atoms with E-state index in [0.29, 0.717) is 26.2 Å². The van der Waals surface area contributed by atoms with Gasteiger partial charge in [0.25, 0.3) is 0 Å². The lowest BCUT2D eigenvalue weighted by molar-refractivity contribution is 0.00182. The summed E-state index contributed by atoms with van der Waals surface area (Å²) in [5.41, 5.74) is 3.24. The molecule has 0 saturated carbocycles. The van der Waals surface area contributed by atoms with Crippen molar-refractivity contribution in [3.8, 4) is 11.5 Å². The highest BCUT2D eigenvalue weighted by Crippen LogP contribution is 2.10. The Kier molecular flexibility index (Phi) is 4.39. The van der Waals surface area contributed by atoms with Gasteiger partial charge >= 0.3 is 6.09 Å². The summed E-state index contributed by atoms with van der Waals surface area (Å²) in [7, 11) is -1.36. The van der Waals surface area contributed by atoms with E-state index in [-0.39, 0.29) is 6.04 Å². The molecule has 1 aliphatic heterocycles. The molecule has 0 radical (unpaired) electrons. The first-order valence-electron chi connectivity index (χ1n) is 5.47. The third-order valence-electron chi connectivity index (χ3n) is 2.27. The molecular formula is C11H19NO3Si. The molecule has 0 aromatic carbocycles. The highest BCUT2D eigenvalue weighted by atomic mass is 28.3. The molecule has 1 saturated heterocycles. The third kappa shape index (κ3) is 4.25. The van der Waals surface area contributed by atoms with Gasteiger partial charge in [0.05, 0.1) is 19.3 Å². The molecule has 16 heavy (non-hydrogen) atoms. The van der Waals surface area contributed by atoms with Gasteiger partial charge in [-0.3, -0.25) is 4.90 Å². The minimum Gasteiger partial charge on any atom is -0.465 e. The van der Waals surface area contributed by atoms with Crippen LogP contribution in [0.5, 0.6) is 0 Å². The van der Waals surface area contributed by atoms with Gasteiger partial charge in [0.1, 0.15) is 8.07 Å². The van der Waals surface area contributed by atoms with Gasteiger partial charge in [-0.15, -0.1) is 11.5 Å². The van der Waals surface area contributed by atoms with Gasteiger partial charge in [-0.05, 0) is 0 Å². The van der Waals surface area contributed by atoms with Crippen molar-refractivity contribution >= 4 is 14.2 Å². The zero-order valence-electron chi connectivity index (χ0n) is 10.1. The Morgan fingerprint density at radius 3 is 2.81 bits per heavy atom. The van der Waals surface area contributed by atoms with Crippen molar-refractivity contribution in [3.05, 3.63) is 0 Å². The van der Waals surface area contributed by atoms with Crippen molar-refractivity contribution < 1.29 is 14.6 Å². The molecular weight excluding hydrogens is 222 g/mol. The van der Waals surface area contributed by atoms with E-state index in [2.05, 4.69) is 31.1 Å². The fourth-order valence-electron chi connectivity index (χ4n) is 1.51. The van der Waals surface area contributed by atoms with Gasteiger partial charge < -0.3 is 9.84 Å². The first-order chi connectivity index (χ1) is 7.40. The number of hydrogen-bond donors (Lipinski definition) is 1. The smallest absolute Gasteiger partial charge is 0.407 e. The Bertz CT molecular complexity index is 313. The van der Waals surface area contributed by atoms with Crippen LogP contribution in [0.1, 0.15) is 6.42 Å². The molecule has 1 heterocycles. The summed E-state index contributed by atoms with van der Waals surface area (Å²) >= 11 is 0. The molecule has 1 fully saturated rings. The molecule has 4 nitrogen and oxygen atoms in total. The number of nitrogens with zero attached hydrogens (tertiary/aromatic N) is 1. The van der Waals surface area contributed by atoms with Gasteiger partial charge in [0, 0.05) is 13.0 Å². The highest BCUT2D eigenvalue weighted by molar-refractivity contribution is 6.83. The number of morpholine rings is 1. The maximum absolute atomic E-state index is 11.0. The maximum atomic E-state index is 11.0. The van der Waals surface area contributed by atoms with Crippen LogP contribution in [0.25, 0.3) is 0 Å². The van der Waals surface area contributed by atoms with Crippen molar-refractivity contribution in [1.29, 1.82) is 0 Å². The average molecular weight is 241 g/mol.